The number of nitrogens with one attached hydrogen (secondary N) is 1. The number of aromatic amines is 1. The standard InChI is InChI=1S/C19H17N3O/c23-18-12-16(20-19(21-18)15-7-2-1-3-8-15)13-22-11-10-14-6-4-5-9-17(14)22/h1-9,12H,10-11,13H2,(H,20,21,23). The molecule has 1 N–H and O–H groups in total. The lowest BCUT2D eigenvalue weighted by molar-refractivity contribution is 0.809. The fourth-order valence-corrected chi connectivity index (χ4v) is 3.09. The summed E-state index contributed by atoms with van der Waals surface area (Å²) in [5.41, 5.74) is 4.22. The highest BCUT2D eigenvalue weighted by atomic mass is 16.1. The molecule has 2 heterocycles. The van der Waals surface area contributed by atoms with Crippen LogP contribution in [0.2, 0.25) is 0 Å². The molecule has 0 aliphatic carbocycles. The predicted molar refractivity (Wildman–Crippen MR) is 91.5 cm³/mol. The minimum atomic E-state index is -0.110. The number of para-hydroxylation sites is 1. The Morgan fingerprint density at radius 2 is 1.83 bits per heavy atom. The third-order valence-corrected chi connectivity index (χ3v) is 4.18. The average Bonchev–Trinajstić information content (AvgIpc) is 2.98. The lowest BCUT2D eigenvalue weighted by Gasteiger charge is -2.19. The third kappa shape index (κ3) is 2.75. The van der Waals surface area contributed by atoms with Crippen molar-refractivity contribution in [1.82, 2.24) is 9.97 Å². The molecule has 0 radical (unpaired) electrons. The van der Waals surface area contributed by atoms with Crippen LogP contribution in [-0.2, 0) is 13.0 Å². The Morgan fingerprint density at radius 1 is 1.04 bits per heavy atom. The van der Waals surface area contributed by atoms with E-state index in [0.717, 1.165) is 24.2 Å². The molecule has 0 unspecified atom stereocenters. The van der Waals surface area contributed by atoms with Crippen molar-refractivity contribution in [2.45, 2.75) is 13.0 Å². The van der Waals surface area contributed by atoms with E-state index in [0.29, 0.717) is 12.4 Å². The van der Waals surface area contributed by atoms with E-state index in [-0.39, 0.29) is 5.56 Å². The van der Waals surface area contributed by atoms with Crippen LogP contribution in [-0.4, -0.2) is 16.5 Å². The molecular formula is C19H17N3O. The first kappa shape index (κ1) is 13.8. The van der Waals surface area contributed by atoms with Gasteiger partial charge in [-0.3, -0.25) is 4.79 Å². The number of H-pyrrole nitrogens is 1. The molecule has 1 aliphatic heterocycles. The van der Waals surface area contributed by atoms with Crippen LogP contribution in [0.25, 0.3) is 11.4 Å². The quantitative estimate of drug-likeness (QED) is 0.809. The van der Waals surface area contributed by atoms with Gasteiger partial charge in [-0.05, 0) is 18.1 Å². The van der Waals surface area contributed by atoms with Crippen LogP contribution >= 0.6 is 0 Å². The van der Waals surface area contributed by atoms with E-state index in [2.05, 4.69) is 39.1 Å². The number of aromatic nitrogens is 2. The van der Waals surface area contributed by atoms with Crippen molar-refractivity contribution in [2.24, 2.45) is 0 Å². The molecule has 23 heavy (non-hydrogen) atoms. The maximum Gasteiger partial charge on any atom is 0.251 e. The number of hydrogen-bond acceptors (Lipinski definition) is 3. The van der Waals surface area contributed by atoms with Gasteiger partial charge in [0.2, 0.25) is 0 Å². The lowest BCUT2D eigenvalue weighted by Crippen LogP contribution is -2.22. The summed E-state index contributed by atoms with van der Waals surface area (Å²) in [6, 6.07) is 19.8. The first-order valence-corrected chi connectivity index (χ1v) is 7.78. The van der Waals surface area contributed by atoms with E-state index in [1.54, 1.807) is 6.07 Å². The Morgan fingerprint density at radius 3 is 2.70 bits per heavy atom. The Kier molecular flexibility index (Phi) is 3.42. The fraction of sp³-hybridized carbons (Fsp3) is 0.158. The smallest absolute Gasteiger partial charge is 0.251 e. The molecule has 0 saturated heterocycles. The largest absolute Gasteiger partial charge is 0.365 e. The summed E-state index contributed by atoms with van der Waals surface area (Å²) in [6.45, 7) is 1.62. The highest BCUT2D eigenvalue weighted by Gasteiger charge is 2.19. The Balaban J connectivity index is 1.66. The van der Waals surface area contributed by atoms with Gasteiger partial charge < -0.3 is 9.88 Å². The van der Waals surface area contributed by atoms with Crippen molar-refractivity contribution in [2.75, 3.05) is 11.4 Å². The molecule has 114 valence electrons. The van der Waals surface area contributed by atoms with Gasteiger partial charge in [-0.2, -0.15) is 0 Å². The topological polar surface area (TPSA) is 49.0 Å². The molecule has 0 spiro atoms. The van der Waals surface area contributed by atoms with E-state index in [1.807, 2.05) is 30.3 Å². The Labute approximate surface area is 134 Å². The number of nitrogens with zero attached hydrogens (tertiary/aromatic N) is 2. The molecule has 0 fully saturated rings. The molecule has 3 aromatic rings. The number of hydrogen-bond donors (Lipinski definition) is 1. The minimum absolute atomic E-state index is 0.110. The SMILES string of the molecule is O=c1cc(CN2CCc3ccccc32)nc(-c2ccccc2)[nH]1. The van der Waals surface area contributed by atoms with Gasteiger partial charge in [0.1, 0.15) is 5.82 Å². The van der Waals surface area contributed by atoms with Crippen molar-refractivity contribution in [1.29, 1.82) is 0 Å². The van der Waals surface area contributed by atoms with Crippen LogP contribution in [0.4, 0.5) is 5.69 Å². The Bertz CT molecular complexity index is 886. The molecule has 4 heteroatoms. The van der Waals surface area contributed by atoms with Crippen molar-refractivity contribution >= 4 is 5.69 Å². The molecule has 0 saturated carbocycles. The number of rotatable bonds is 3. The minimum Gasteiger partial charge on any atom is -0.365 e. The summed E-state index contributed by atoms with van der Waals surface area (Å²) >= 11 is 0. The second kappa shape index (κ2) is 5.72. The summed E-state index contributed by atoms with van der Waals surface area (Å²) in [4.78, 5) is 21.7. The van der Waals surface area contributed by atoms with Crippen LogP contribution in [0.3, 0.4) is 0 Å². The first-order valence-electron chi connectivity index (χ1n) is 7.78. The number of benzene rings is 2. The molecule has 1 aliphatic rings. The average molecular weight is 303 g/mol. The van der Waals surface area contributed by atoms with E-state index in [1.165, 1.54) is 11.3 Å². The summed E-state index contributed by atoms with van der Waals surface area (Å²) < 4.78 is 0. The molecule has 4 rings (SSSR count). The fourth-order valence-electron chi connectivity index (χ4n) is 3.09. The number of fused-ring (bicyclic) bond motifs is 1. The molecule has 2 aromatic carbocycles. The van der Waals surface area contributed by atoms with E-state index < -0.39 is 0 Å². The van der Waals surface area contributed by atoms with Crippen molar-refractivity contribution in [3.8, 4) is 11.4 Å². The van der Waals surface area contributed by atoms with Crippen LogP contribution in [0, 0.1) is 0 Å². The van der Waals surface area contributed by atoms with Gasteiger partial charge in [0.05, 0.1) is 12.2 Å². The van der Waals surface area contributed by atoms with Crippen LogP contribution in [0.5, 0.6) is 0 Å². The van der Waals surface area contributed by atoms with Gasteiger partial charge in [-0.25, -0.2) is 4.98 Å². The molecule has 0 bridgehead atoms. The van der Waals surface area contributed by atoms with Crippen LogP contribution in [0.15, 0.2) is 65.5 Å². The van der Waals surface area contributed by atoms with Gasteiger partial charge in [0.15, 0.2) is 0 Å². The predicted octanol–water partition coefficient (Wildman–Crippen LogP) is 3.00. The van der Waals surface area contributed by atoms with Crippen LogP contribution < -0.4 is 10.5 Å². The van der Waals surface area contributed by atoms with E-state index in [4.69, 9.17) is 0 Å². The molecule has 0 amide bonds. The van der Waals surface area contributed by atoms with Gasteiger partial charge in [0, 0.05) is 23.9 Å². The second-order valence-corrected chi connectivity index (χ2v) is 5.75. The highest BCUT2D eigenvalue weighted by Crippen LogP contribution is 2.28. The van der Waals surface area contributed by atoms with E-state index >= 15 is 0 Å². The summed E-state index contributed by atoms with van der Waals surface area (Å²) in [6.07, 6.45) is 1.05. The highest BCUT2D eigenvalue weighted by molar-refractivity contribution is 5.58. The maximum atomic E-state index is 12.0. The zero-order chi connectivity index (χ0) is 15.6. The van der Waals surface area contributed by atoms with E-state index in [9.17, 15) is 4.79 Å². The van der Waals surface area contributed by atoms with Gasteiger partial charge in [0.25, 0.3) is 5.56 Å². The zero-order valence-corrected chi connectivity index (χ0v) is 12.7. The molecule has 1 aromatic heterocycles. The van der Waals surface area contributed by atoms with Crippen molar-refractivity contribution < 1.29 is 0 Å². The van der Waals surface area contributed by atoms with Crippen molar-refractivity contribution in [3.05, 3.63) is 82.3 Å². The van der Waals surface area contributed by atoms with Gasteiger partial charge in [-0.1, -0.05) is 48.5 Å². The number of anilines is 1. The summed E-state index contributed by atoms with van der Waals surface area (Å²) in [7, 11) is 0. The van der Waals surface area contributed by atoms with Crippen molar-refractivity contribution in [3.63, 3.8) is 0 Å². The molecular weight excluding hydrogens is 286 g/mol. The Hall–Kier alpha value is -2.88. The second-order valence-electron chi connectivity index (χ2n) is 5.75. The molecule has 0 atom stereocenters. The van der Waals surface area contributed by atoms with Crippen LogP contribution in [0.1, 0.15) is 11.3 Å². The lowest BCUT2D eigenvalue weighted by atomic mass is 10.2. The normalized spacial score (nSPS) is 13.1. The summed E-state index contributed by atoms with van der Waals surface area (Å²) in [5, 5.41) is 0. The first-order chi connectivity index (χ1) is 11.3. The molecule has 4 nitrogen and oxygen atoms in total. The zero-order valence-electron chi connectivity index (χ0n) is 12.7. The monoisotopic (exact) mass is 303 g/mol. The van der Waals surface area contributed by atoms with Gasteiger partial charge >= 0.3 is 0 Å². The third-order valence-electron chi connectivity index (χ3n) is 4.18. The maximum absolute atomic E-state index is 12.0. The van der Waals surface area contributed by atoms with Gasteiger partial charge in [-0.15, -0.1) is 0 Å². The summed E-state index contributed by atoms with van der Waals surface area (Å²) in [5.74, 6) is 0.626.